The second kappa shape index (κ2) is 5.23. The summed E-state index contributed by atoms with van der Waals surface area (Å²) in [5.41, 5.74) is 0.637. The Morgan fingerprint density at radius 3 is 2.84 bits per heavy atom. The van der Waals surface area contributed by atoms with Gasteiger partial charge in [0.05, 0.1) is 5.56 Å². The summed E-state index contributed by atoms with van der Waals surface area (Å²) in [6, 6.07) is 3.88. The summed E-state index contributed by atoms with van der Waals surface area (Å²) in [5.74, 6) is 2.42. The van der Waals surface area contributed by atoms with Crippen molar-refractivity contribution >= 4 is 21.8 Å². The van der Waals surface area contributed by atoms with Crippen LogP contribution in [0.3, 0.4) is 0 Å². The molecule has 4 unspecified atom stereocenters. The Bertz CT molecular complexity index is 474. The smallest absolute Gasteiger partial charge is 0.253 e. The molecule has 4 atom stereocenters. The summed E-state index contributed by atoms with van der Waals surface area (Å²) < 4.78 is 0.755. The highest BCUT2D eigenvalue weighted by atomic mass is 79.9. The number of carbonyl (C=O) groups excluding carboxylic acids is 1. The summed E-state index contributed by atoms with van der Waals surface area (Å²) in [5, 5.41) is 3.15. The van der Waals surface area contributed by atoms with Crippen molar-refractivity contribution in [2.75, 3.05) is 0 Å². The van der Waals surface area contributed by atoms with Gasteiger partial charge in [0.1, 0.15) is 4.60 Å². The molecule has 1 aromatic heterocycles. The fraction of sp³-hybridized carbons (Fsp3) is 0.600. The Morgan fingerprint density at radius 1 is 1.42 bits per heavy atom. The van der Waals surface area contributed by atoms with Crippen molar-refractivity contribution in [2.45, 2.75) is 38.6 Å². The average molecular weight is 323 g/mol. The lowest BCUT2D eigenvalue weighted by Crippen LogP contribution is -2.40. The maximum absolute atomic E-state index is 12.2. The normalized spacial score (nSPS) is 30.3. The SMILES string of the molecule is CC(NC(=O)c1ccc(Br)nc1)C1CC2CCC1C2. The first kappa shape index (κ1) is 13.1. The molecule has 2 bridgehead atoms. The zero-order valence-corrected chi connectivity index (χ0v) is 12.7. The van der Waals surface area contributed by atoms with E-state index in [4.69, 9.17) is 0 Å². The van der Waals surface area contributed by atoms with E-state index in [1.807, 2.05) is 0 Å². The van der Waals surface area contributed by atoms with Crippen LogP contribution in [-0.2, 0) is 0 Å². The van der Waals surface area contributed by atoms with Gasteiger partial charge in [-0.3, -0.25) is 4.79 Å². The molecule has 0 radical (unpaired) electrons. The van der Waals surface area contributed by atoms with Crippen LogP contribution in [0, 0.1) is 17.8 Å². The van der Waals surface area contributed by atoms with Crippen molar-refractivity contribution in [1.29, 1.82) is 0 Å². The van der Waals surface area contributed by atoms with E-state index < -0.39 is 0 Å². The molecule has 2 aliphatic rings. The van der Waals surface area contributed by atoms with Crippen molar-refractivity contribution in [2.24, 2.45) is 17.8 Å². The van der Waals surface area contributed by atoms with Gasteiger partial charge in [-0.05, 0) is 72.0 Å². The molecule has 3 rings (SSSR count). The van der Waals surface area contributed by atoms with Gasteiger partial charge in [0, 0.05) is 12.2 Å². The summed E-state index contributed by atoms with van der Waals surface area (Å²) in [4.78, 5) is 16.3. The average Bonchev–Trinajstić information content (AvgIpc) is 3.01. The molecule has 19 heavy (non-hydrogen) atoms. The topological polar surface area (TPSA) is 42.0 Å². The van der Waals surface area contributed by atoms with Crippen LogP contribution in [0.4, 0.5) is 0 Å². The quantitative estimate of drug-likeness (QED) is 0.866. The van der Waals surface area contributed by atoms with Crippen LogP contribution in [0.2, 0.25) is 0 Å². The van der Waals surface area contributed by atoms with Crippen molar-refractivity contribution in [3.8, 4) is 0 Å². The zero-order valence-electron chi connectivity index (χ0n) is 11.1. The Kier molecular flexibility index (Phi) is 3.61. The summed E-state index contributed by atoms with van der Waals surface area (Å²) in [6.07, 6.45) is 7.05. The minimum atomic E-state index is -0.00438. The molecule has 4 heteroatoms. The third kappa shape index (κ3) is 2.69. The molecule has 102 valence electrons. The number of hydrogen-bond acceptors (Lipinski definition) is 2. The second-order valence-corrected chi connectivity index (χ2v) is 6.78. The van der Waals surface area contributed by atoms with Crippen molar-refractivity contribution in [3.63, 3.8) is 0 Å². The number of nitrogens with zero attached hydrogens (tertiary/aromatic N) is 1. The monoisotopic (exact) mass is 322 g/mol. The van der Waals surface area contributed by atoms with Gasteiger partial charge in [0.2, 0.25) is 0 Å². The van der Waals surface area contributed by atoms with Crippen molar-refractivity contribution in [1.82, 2.24) is 10.3 Å². The van der Waals surface area contributed by atoms with Crippen LogP contribution in [0.15, 0.2) is 22.9 Å². The minimum absolute atomic E-state index is 0.00438. The maximum Gasteiger partial charge on any atom is 0.253 e. The molecule has 3 nitrogen and oxygen atoms in total. The van der Waals surface area contributed by atoms with Gasteiger partial charge in [-0.15, -0.1) is 0 Å². The molecule has 2 aliphatic carbocycles. The number of rotatable bonds is 3. The predicted octanol–water partition coefficient (Wildman–Crippen LogP) is 3.40. The molecule has 0 saturated heterocycles. The Labute approximate surface area is 122 Å². The van der Waals surface area contributed by atoms with E-state index in [2.05, 4.69) is 33.2 Å². The van der Waals surface area contributed by atoms with E-state index in [1.54, 1.807) is 18.3 Å². The maximum atomic E-state index is 12.2. The van der Waals surface area contributed by atoms with Gasteiger partial charge in [-0.2, -0.15) is 0 Å². The van der Waals surface area contributed by atoms with Gasteiger partial charge in [0.15, 0.2) is 0 Å². The summed E-state index contributed by atoms with van der Waals surface area (Å²) in [6.45, 7) is 2.15. The van der Waals surface area contributed by atoms with E-state index in [9.17, 15) is 4.79 Å². The molecule has 2 saturated carbocycles. The van der Waals surface area contributed by atoms with E-state index in [-0.39, 0.29) is 11.9 Å². The van der Waals surface area contributed by atoms with Crippen molar-refractivity contribution < 1.29 is 4.79 Å². The lowest BCUT2D eigenvalue weighted by molar-refractivity contribution is 0.0915. The van der Waals surface area contributed by atoms with Gasteiger partial charge >= 0.3 is 0 Å². The number of amides is 1. The Hall–Kier alpha value is -0.900. The lowest BCUT2D eigenvalue weighted by Gasteiger charge is -2.28. The summed E-state index contributed by atoms with van der Waals surface area (Å²) >= 11 is 3.28. The zero-order chi connectivity index (χ0) is 13.4. The highest BCUT2D eigenvalue weighted by Crippen LogP contribution is 2.49. The Balaban J connectivity index is 1.61. The van der Waals surface area contributed by atoms with E-state index in [0.717, 1.165) is 16.4 Å². The molecule has 2 fully saturated rings. The van der Waals surface area contributed by atoms with Gasteiger partial charge in [-0.1, -0.05) is 6.42 Å². The van der Waals surface area contributed by atoms with Crippen LogP contribution in [0.1, 0.15) is 43.0 Å². The molecule has 0 aromatic carbocycles. The highest BCUT2D eigenvalue weighted by Gasteiger charge is 2.42. The lowest BCUT2D eigenvalue weighted by atomic mass is 9.84. The fourth-order valence-electron chi connectivity index (χ4n) is 3.81. The molecular weight excluding hydrogens is 304 g/mol. The molecule has 1 amide bonds. The summed E-state index contributed by atoms with van der Waals surface area (Å²) in [7, 11) is 0. The molecule has 0 aliphatic heterocycles. The van der Waals surface area contributed by atoms with Gasteiger partial charge < -0.3 is 5.32 Å². The number of pyridine rings is 1. The van der Waals surface area contributed by atoms with Gasteiger partial charge in [0.25, 0.3) is 5.91 Å². The van der Waals surface area contributed by atoms with Crippen LogP contribution < -0.4 is 5.32 Å². The molecule has 1 aromatic rings. The van der Waals surface area contributed by atoms with Crippen LogP contribution in [0.5, 0.6) is 0 Å². The molecule has 1 heterocycles. The third-order valence-electron chi connectivity index (χ3n) is 4.78. The first-order valence-corrected chi connectivity index (χ1v) is 7.85. The van der Waals surface area contributed by atoms with E-state index in [1.165, 1.54) is 25.7 Å². The standard InChI is InChI=1S/C15H19BrN2O/c1-9(13-7-10-2-3-11(13)6-10)18-15(19)12-4-5-14(16)17-8-12/h4-5,8-11,13H,2-3,6-7H2,1H3,(H,18,19). The number of hydrogen-bond donors (Lipinski definition) is 1. The number of fused-ring (bicyclic) bond motifs is 2. The number of nitrogens with one attached hydrogen (secondary N) is 1. The number of halogens is 1. The molecule has 0 spiro atoms. The molecule has 1 N–H and O–H groups in total. The van der Waals surface area contributed by atoms with Crippen LogP contribution >= 0.6 is 15.9 Å². The first-order valence-electron chi connectivity index (χ1n) is 7.06. The second-order valence-electron chi connectivity index (χ2n) is 5.97. The number of carbonyl (C=O) groups is 1. The largest absolute Gasteiger partial charge is 0.349 e. The van der Waals surface area contributed by atoms with Gasteiger partial charge in [-0.25, -0.2) is 4.98 Å². The fourth-order valence-corrected chi connectivity index (χ4v) is 4.05. The van der Waals surface area contributed by atoms with E-state index >= 15 is 0 Å². The molecular formula is C15H19BrN2O. The van der Waals surface area contributed by atoms with Crippen LogP contribution in [-0.4, -0.2) is 16.9 Å². The number of aromatic nitrogens is 1. The van der Waals surface area contributed by atoms with Crippen LogP contribution in [0.25, 0.3) is 0 Å². The van der Waals surface area contributed by atoms with Crippen molar-refractivity contribution in [3.05, 3.63) is 28.5 Å². The first-order chi connectivity index (χ1) is 9.13. The van der Waals surface area contributed by atoms with E-state index in [0.29, 0.717) is 11.5 Å². The minimum Gasteiger partial charge on any atom is -0.349 e. The predicted molar refractivity (Wildman–Crippen MR) is 77.8 cm³/mol. The highest BCUT2D eigenvalue weighted by molar-refractivity contribution is 9.10. The third-order valence-corrected chi connectivity index (χ3v) is 5.25. The Morgan fingerprint density at radius 2 is 2.26 bits per heavy atom.